The Kier molecular flexibility index (Phi) is 1.63. The first kappa shape index (κ1) is 9.57. The Morgan fingerprint density at radius 3 is 2.81 bits per heavy atom. The lowest BCUT2D eigenvalue weighted by Crippen LogP contribution is -2.29. The Hall–Kier alpha value is -1.65. The maximum absolute atomic E-state index is 13.5. The van der Waals surface area contributed by atoms with Gasteiger partial charge in [0, 0.05) is 11.5 Å². The Morgan fingerprint density at radius 2 is 2.12 bits per heavy atom. The first-order chi connectivity index (χ1) is 7.56. The molecule has 3 nitrogen and oxygen atoms in total. The molecular weight excluding hydrogens is 218 g/mol. The molecule has 1 aliphatic heterocycles. The molecule has 2 atom stereocenters. The van der Waals surface area contributed by atoms with Crippen molar-refractivity contribution in [2.24, 2.45) is 5.41 Å². The molecule has 1 aliphatic carbocycles. The molecule has 1 heterocycles. The number of aliphatic carboxylic acids is 1. The second-order valence-electron chi connectivity index (χ2n) is 4.28. The van der Waals surface area contributed by atoms with Gasteiger partial charge in [0.2, 0.25) is 0 Å². The van der Waals surface area contributed by atoms with Crippen LogP contribution in [-0.4, -0.2) is 17.7 Å². The van der Waals surface area contributed by atoms with Gasteiger partial charge < -0.3 is 9.84 Å². The normalized spacial score (nSPS) is 30.0. The van der Waals surface area contributed by atoms with Gasteiger partial charge in [0.15, 0.2) is 11.6 Å². The van der Waals surface area contributed by atoms with Gasteiger partial charge in [-0.15, -0.1) is 0 Å². The number of fused-ring (bicyclic) bond motifs is 3. The van der Waals surface area contributed by atoms with E-state index in [9.17, 15) is 13.6 Å². The fraction of sp³-hybridized carbons (Fsp3) is 0.364. The fourth-order valence-electron chi connectivity index (χ4n) is 2.36. The number of carbonyl (C=O) groups is 1. The monoisotopic (exact) mass is 226 g/mol. The average Bonchev–Trinajstić information content (AvgIpc) is 2.98. The highest BCUT2D eigenvalue weighted by Crippen LogP contribution is 2.64. The van der Waals surface area contributed by atoms with Gasteiger partial charge in [-0.3, -0.25) is 4.79 Å². The molecule has 1 aromatic rings. The van der Waals surface area contributed by atoms with Crippen LogP contribution in [-0.2, 0) is 4.79 Å². The Balaban J connectivity index is 2.14. The highest BCUT2D eigenvalue weighted by molar-refractivity contribution is 5.82. The molecule has 0 saturated heterocycles. The van der Waals surface area contributed by atoms with Crippen LogP contribution >= 0.6 is 0 Å². The van der Waals surface area contributed by atoms with Gasteiger partial charge in [-0.05, 0) is 18.6 Å². The SMILES string of the molecule is O=C(O)[C@]12COc3c(F)ccc(F)c3[C@H]1C2. The molecule has 0 bridgehead atoms. The van der Waals surface area contributed by atoms with Crippen LogP contribution in [0, 0.1) is 17.0 Å². The minimum absolute atomic E-state index is 0.0775. The van der Waals surface area contributed by atoms with Gasteiger partial charge in [-0.1, -0.05) is 0 Å². The molecule has 0 aromatic heterocycles. The van der Waals surface area contributed by atoms with E-state index in [0.29, 0.717) is 6.42 Å². The van der Waals surface area contributed by atoms with E-state index in [0.717, 1.165) is 12.1 Å². The van der Waals surface area contributed by atoms with E-state index in [1.165, 1.54) is 0 Å². The standard InChI is InChI=1S/C11H8F2O3/c12-6-1-2-7(13)9-8(6)5-3-11(5,4-16-9)10(14)15/h1-2,5H,3-4H2,(H,14,15)/t5-,11-/m1/s1. The van der Waals surface area contributed by atoms with Crippen LogP contribution in [0.4, 0.5) is 8.78 Å². The molecule has 5 heteroatoms. The summed E-state index contributed by atoms with van der Waals surface area (Å²) in [7, 11) is 0. The first-order valence-corrected chi connectivity index (χ1v) is 4.90. The van der Waals surface area contributed by atoms with Gasteiger partial charge in [-0.25, -0.2) is 8.78 Å². The number of halogens is 2. The summed E-state index contributed by atoms with van der Waals surface area (Å²) in [6, 6.07) is 2.00. The number of hydrogen-bond donors (Lipinski definition) is 1. The van der Waals surface area contributed by atoms with Crippen LogP contribution in [0.1, 0.15) is 17.9 Å². The summed E-state index contributed by atoms with van der Waals surface area (Å²) in [6.45, 7) is -0.0830. The highest BCUT2D eigenvalue weighted by Gasteiger charge is 2.65. The highest BCUT2D eigenvalue weighted by atomic mass is 19.1. The number of hydrogen-bond acceptors (Lipinski definition) is 2. The third-order valence-corrected chi connectivity index (χ3v) is 3.42. The number of benzene rings is 1. The van der Waals surface area contributed by atoms with E-state index in [1.807, 2.05) is 0 Å². The quantitative estimate of drug-likeness (QED) is 0.795. The van der Waals surface area contributed by atoms with Crippen molar-refractivity contribution >= 4 is 5.97 Å². The second kappa shape index (κ2) is 2.72. The lowest BCUT2D eigenvalue weighted by atomic mass is 9.96. The minimum atomic E-state index is -1.04. The first-order valence-electron chi connectivity index (χ1n) is 4.90. The number of carboxylic acid groups (broad SMARTS) is 1. The van der Waals surface area contributed by atoms with Gasteiger partial charge in [0.05, 0.1) is 0 Å². The minimum Gasteiger partial charge on any atom is -0.489 e. The smallest absolute Gasteiger partial charge is 0.313 e. The van der Waals surface area contributed by atoms with E-state index < -0.39 is 28.9 Å². The molecule has 84 valence electrons. The Morgan fingerprint density at radius 1 is 1.44 bits per heavy atom. The molecule has 1 aromatic carbocycles. The van der Waals surface area contributed by atoms with Crippen molar-refractivity contribution in [2.75, 3.05) is 6.61 Å². The van der Waals surface area contributed by atoms with Gasteiger partial charge in [0.1, 0.15) is 17.8 Å². The van der Waals surface area contributed by atoms with Crippen LogP contribution < -0.4 is 4.74 Å². The Labute approximate surface area is 89.6 Å². The zero-order valence-corrected chi connectivity index (χ0v) is 8.17. The predicted octanol–water partition coefficient (Wildman–Crippen LogP) is 1.92. The Bertz CT molecular complexity index is 500. The topological polar surface area (TPSA) is 46.5 Å². The third kappa shape index (κ3) is 0.977. The van der Waals surface area contributed by atoms with Crippen molar-refractivity contribution in [3.63, 3.8) is 0 Å². The number of rotatable bonds is 1. The van der Waals surface area contributed by atoms with E-state index >= 15 is 0 Å². The summed E-state index contributed by atoms with van der Waals surface area (Å²) < 4.78 is 31.9. The molecule has 1 N–H and O–H groups in total. The van der Waals surface area contributed by atoms with Crippen molar-refractivity contribution in [1.29, 1.82) is 0 Å². The van der Waals surface area contributed by atoms with Crippen LogP contribution in [0.15, 0.2) is 12.1 Å². The lowest BCUT2D eigenvalue weighted by molar-refractivity contribution is -0.145. The number of carboxylic acids is 1. The molecule has 1 saturated carbocycles. The van der Waals surface area contributed by atoms with Crippen LogP contribution in [0.3, 0.4) is 0 Å². The molecule has 0 unspecified atom stereocenters. The van der Waals surface area contributed by atoms with Crippen molar-refractivity contribution < 1.29 is 23.4 Å². The predicted molar refractivity (Wildman–Crippen MR) is 49.3 cm³/mol. The maximum Gasteiger partial charge on any atom is 0.313 e. The largest absolute Gasteiger partial charge is 0.489 e. The maximum atomic E-state index is 13.5. The van der Waals surface area contributed by atoms with Gasteiger partial charge in [-0.2, -0.15) is 0 Å². The van der Waals surface area contributed by atoms with E-state index in [1.54, 1.807) is 0 Å². The molecule has 1 fully saturated rings. The zero-order valence-electron chi connectivity index (χ0n) is 8.17. The number of ether oxygens (including phenoxy) is 1. The molecule has 0 spiro atoms. The summed E-state index contributed by atoms with van der Waals surface area (Å²) in [6.07, 6.45) is 0.315. The van der Waals surface area contributed by atoms with Crippen molar-refractivity contribution in [3.05, 3.63) is 29.3 Å². The van der Waals surface area contributed by atoms with Gasteiger partial charge in [0.25, 0.3) is 0 Å². The second-order valence-corrected chi connectivity index (χ2v) is 4.28. The fourth-order valence-corrected chi connectivity index (χ4v) is 2.36. The van der Waals surface area contributed by atoms with Crippen LogP contribution in [0.25, 0.3) is 0 Å². The van der Waals surface area contributed by atoms with E-state index in [-0.39, 0.29) is 17.9 Å². The molecule has 2 aliphatic rings. The van der Waals surface area contributed by atoms with Crippen LogP contribution in [0.5, 0.6) is 5.75 Å². The van der Waals surface area contributed by atoms with Crippen molar-refractivity contribution in [3.8, 4) is 5.75 Å². The summed E-state index contributed by atoms with van der Waals surface area (Å²) in [5.41, 5.74) is -0.963. The molecule has 16 heavy (non-hydrogen) atoms. The summed E-state index contributed by atoms with van der Waals surface area (Å²) in [5.74, 6) is -2.82. The molecular formula is C11H8F2O3. The average molecular weight is 226 g/mol. The summed E-state index contributed by atoms with van der Waals surface area (Å²) in [5, 5.41) is 9.03. The van der Waals surface area contributed by atoms with Crippen LogP contribution in [0.2, 0.25) is 0 Å². The van der Waals surface area contributed by atoms with E-state index in [4.69, 9.17) is 9.84 Å². The molecule has 0 amide bonds. The molecule has 0 radical (unpaired) electrons. The van der Waals surface area contributed by atoms with E-state index in [2.05, 4.69) is 0 Å². The molecule has 3 rings (SSSR count). The summed E-state index contributed by atoms with van der Waals surface area (Å²) in [4.78, 5) is 11.0. The van der Waals surface area contributed by atoms with Crippen molar-refractivity contribution in [2.45, 2.75) is 12.3 Å². The lowest BCUT2D eigenvalue weighted by Gasteiger charge is -2.22. The summed E-state index contributed by atoms with van der Waals surface area (Å²) >= 11 is 0. The van der Waals surface area contributed by atoms with Gasteiger partial charge >= 0.3 is 5.97 Å². The zero-order chi connectivity index (χ0) is 11.5. The third-order valence-electron chi connectivity index (χ3n) is 3.42. The van der Waals surface area contributed by atoms with Crippen molar-refractivity contribution in [1.82, 2.24) is 0 Å².